The van der Waals surface area contributed by atoms with Crippen molar-refractivity contribution in [1.82, 2.24) is 5.32 Å². The second-order valence-corrected chi connectivity index (χ2v) is 5.81. The van der Waals surface area contributed by atoms with Crippen molar-refractivity contribution in [3.05, 3.63) is 29.8 Å². The molecule has 0 bridgehead atoms. The van der Waals surface area contributed by atoms with E-state index in [0.717, 1.165) is 12.1 Å². The van der Waals surface area contributed by atoms with Crippen LogP contribution in [0.2, 0.25) is 0 Å². The highest BCUT2D eigenvalue weighted by Crippen LogP contribution is 2.38. The molecule has 1 aromatic carbocycles. The smallest absolute Gasteiger partial charge is 0.203 e. The number of ether oxygens (including phenoxy) is 3. The summed E-state index contributed by atoms with van der Waals surface area (Å²) in [5, 5.41) is 3.45. The molecule has 0 fully saturated rings. The van der Waals surface area contributed by atoms with Gasteiger partial charge in [-0.25, -0.2) is 0 Å². The Balaban J connectivity index is 2.99. The van der Waals surface area contributed by atoms with Gasteiger partial charge in [-0.3, -0.25) is 0 Å². The van der Waals surface area contributed by atoms with Crippen molar-refractivity contribution in [3.8, 4) is 17.2 Å². The molecule has 0 unspecified atom stereocenters. The predicted molar refractivity (Wildman–Crippen MR) is 86.4 cm³/mol. The maximum absolute atomic E-state index is 5.73. The van der Waals surface area contributed by atoms with Crippen molar-refractivity contribution < 1.29 is 14.2 Å². The number of benzene rings is 1. The van der Waals surface area contributed by atoms with Crippen LogP contribution in [0.3, 0.4) is 0 Å². The molecule has 1 aromatic rings. The van der Waals surface area contributed by atoms with Crippen LogP contribution in [-0.2, 0) is 6.54 Å². The fraction of sp³-hybridized carbons (Fsp3) is 0.529. The fourth-order valence-corrected chi connectivity index (χ4v) is 1.77. The first-order chi connectivity index (χ1) is 9.91. The maximum atomic E-state index is 5.73. The van der Waals surface area contributed by atoms with E-state index in [1.807, 2.05) is 31.2 Å². The van der Waals surface area contributed by atoms with Gasteiger partial charge >= 0.3 is 0 Å². The van der Waals surface area contributed by atoms with E-state index in [9.17, 15) is 0 Å². The van der Waals surface area contributed by atoms with Crippen LogP contribution in [0.1, 0.15) is 33.3 Å². The van der Waals surface area contributed by atoms with Gasteiger partial charge in [-0.2, -0.15) is 0 Å². The van der Waals surface area contributed by atoms with E-state index < -0.39 is 0 Å². The molecule has 0 atom stereocenters. The lowest BCUT2D eigenvalue weighted by Gasteiger charge is -2.21. The minimum atomic E-state index is 0.0571. The van der Waals surface area contributed by atoms with Gasteiger partial charge in [-0.15, -0.1) is 0 Å². The summed E-state index contributed by atoms with van der Waals surface area (Å²) in [5.41, 5.74) is 1.15. The first kappa shape index (κ1) is 17.4. The van der Waals surface area contributed by atoms with Crippen molar-refractivity contribution in [1.29, 1.82) is 0 Å². The second-order valence-electron chi connectivity index (χ2n) is 5.81. The van der Waals surface area contributed by atoms with E-state index in [0.29, 0.717) is 23.9 Å². The molecule has 0 radical (unpaired) electrons. The molecule has 0 heterocycles. The number of methoxy groups -OCH3 is 2. The molecule has 4 heteroatoms. The Kier molecular flexibility index (Phi) is 6.56. The fourth-order valence-electron chi connectivity index (χ4n) is 1.77. The van der Waals surface area contributed by atoms with Gasteiger partial charge in [-0.1, -0.05) is 12.2 Å². The van der Waals surface area contributed by atoms with Crippen molar-refractivity contribution in [2.45, 2.75) is 39.8 Å². The third-order valence-corrected chi connectivity index (χ3v) is 2.90. The Morgan fingerprint density at radius 3 is 2.10 bits per heavy atom. The molecule has 0 aliphatic heterocycles. The third-order valence-electron chi connectivity index (χ3n) is 2.90. The van der Waals surface area contributed by atoms with Crippen LogP contribution in [-0.4, -0.2) is 26.4 Å². The minimum absolute atomic E-state index is 0.0571. The zero-order chi connectivity index (χ0) is 15.9. The number of hydrogen-bond acceptors (Lipinski definition) is 4. The second kappa shape index (κ2) is 7.93. The summed E-state index contributed by atoms with van der Waals surface area (Å²) >= 11 is 0. The molecule has 0 saturated heterocycles. The summed E-state index contributed by atoms with van der Waals surface area (Å²) in [6.45, 7) is 9.59. The Bertz CT molecular complexity index is 450. The van der Waals surface area contributed by atoms with Crippen LogP contribution < -0.4 is 19.5 Å². The number of hydrogen-bond donors (Lipinski definition) is 1. The molecule has 1 rings (SSSR count). The molecular weight excluding hydrogens is 266 g/mol. The lowest BCUT2D eigenvalue weighted by molar-refractivity contribution is 0.300. The van der Waals surface area contributed by atoms with E-state index in [-0.39, 0.29) is 5.54 Å². The van der Waals surface area contributed by atoms with Gasteiger partial charge < -0.3 is 19.5 Å². The molecule has 0 aliphatic carbocycles. The van der Waals surface area contributed by atoms with E-state index in [1.165, 1.54) is 0 Å². The highest BCUT2D eigenvalue weighted by molar-refractivity contribution is 5.54. The van der Waals surface area contributed by atoms with Gasteiger partial charge in [0.25, 0.3) is 0 Å². The molecule has 0 aliphatic rings. The number of allylic oxidation sites excluding steroid dienone is 1. The van der Waals surface area contributed by atoms with E-state index in [2.05, 4.69) is 26.1 Å². The molecule has 0 spiro atoms. The monoisotopic (exact) mass is 293 g/mol. The lowest BCUT2D eigenvalue weighted by atomic mass is 10.1. The SMILES string of the molecule is CC=CCOc1c(OC)cc(CNC(C)(C)C)cc1OC. The molecule has 21 heavy (non-hydrogen) atoms. The average Bonchev–Trinajstić information content (AvgIpc) is 2.44. The largest absolute Gasteiger partial charge is 0.493 e. The van der Waals surface area contributed by atoms with Crippen LogP contribution in [0.5, 0.6) is 17.2 Å². The summed E-state index contributed by atoms with van der Waals surface area (Å²) in [7, 11) is 3.27. The van der Waals surface area contributed by atoms with Crippen LogP contribution in [0, 0.1) is 0 Å². The van der Waals surface area contributed by atoms with E-state index in [4.69, 9.17) is 14.2 Å². The van der Waals surface area contributed by atoms with Gasteiger partial charge in [0.05, 0.1) is 14.2 Å². The van der Waals surface area contributed by atoms with Crippen LogP contribution in [0.15, 0.2) is 24.3 Å². The van der Waals surface area contributed by atoms with Crippen LogP contribution >= 0.6 is 0 Å². The van der Waals surface area contributed by atoms with Gasteiger partial charge in [0.2, 0.25) is 5.75 Å². The molecule has 0 saturated carbocycles. The predicted octanol–water partition coefficient (Wildman–Crippen LogP) is 3.55. The number of rotatable bonds is 7. The van der Waals surface area contributed by atoms with Crippen molar-refractivity contribution in [3.63, 3.8) is 0 Å². The topological polar surface area (TPSA) is 39.7 Å². The highest BCUT2D eigenvalue weighted by atomic mass is 16.5. The lowest BCUT2D eigenvalue weighted by Crippen LogP contribution is -2.35. The molecule has 0 aromatic heterocycles. The zero-order valence-electron chi connectivity index (χ0n) is 13.9. The Morgan fingerprint density at radius 1 is 1.10 bits per heavy atom. The van der Waals surface area contributed by atoms with E-state index in [1.54, 1.807) is 14.2 Å². The summed E-state index contributed by atoms with van der Waals surface area (Å²) in [5.74, 6) is 2.01. The standard InChI is InChI=1S/C17H27NO3/c1-7-8-9-21-16-14(19-5)10-13(11-15(16)20-6)12-18-17(2,3)4/h7-8,10-11,18H,9,12H2,1-6H3. The normalized spacial score (nSPS) is 11.7. The third kappa shape index (κ3) is 5.68. The Hall–Kier alpha value is -1.68. The summed E-state index contributed by atoms with van der Waals surface area (Å²) in [6.07, 6.45) is 3.88. The molecule has 0 amide bonds. The van der Waals surface area contributed by atoms with Gasteiger partial charge in [0, 0.05) is 12.1 Å². The quantitative estimate of drug-likeness (QED) is 0.780. The van der Waals surface area contributed by atoms with Crippen molar-refractivity contribution >= 4 is 0 Å². The van der Waals surface area contributed by atoms with E-state index >= 15 is 0 Å². The van der Waals surface area contributed by atoms with Crippen LogP contribution in [0.25, 0.3) is 0 Å². The summed E-state index contributed by atoms with van der Waals surface area (Å²) in [6, 6.07) is 3.96. The molecular formula is C17H27NO3. The van der Waals surface area contributed by atoms with Crippen molar-refractivity contribution in [2.75, 3.05) is 20.8 Å². The zero-order valence-corrected chi connectivity index (χ0v) is 13.9. The molecule has 1 N–H and O–H groups in total. The van der Waals surface area contributed by atoms with Gasteiger partial charge in [-0.05, 0) is 45.4 Å². The maximum Gasteiger partial charge on any atom is 0.203 e. The first-order valence-corrected chi connectivity index (χ1v) is 7.15. The Morgan fingerprint density at radius 2 is 1.67 bits per heavy atom. The van der Waals surface area contributed by atoms with Gasteiger partial charge in [0.15, 0.2) is 11.5 Å². The van der Waals surface area contributed by atoms with Crippen molar-refractivity contribution in [2.24, 2.45) is 0 Å². The van der Waals surface area contributed by atoms with Gasteiger partial charge in [0.1, 0.15) is 6.61 Å². The Labute approximate surface area is 128 Å². The van der Waals surface area contributed by atoms with Crippen LogP contribution in [0.4, 0.5) is 0 Å². The highest BCUT2D eigenvalue weighted by Gasteiger charge is 2.15. The minimum Gasteiger partial charge on any atom is -0.493 e. The molecule has 118 valence electrons. The summed E-state index contributed by atoms with van der Waals surface area (Å²) in [4.78, 5) is 0. The first-order valence-electron chi connectivity index (χ1n) is 7.15. The number of nitrogens with one attached hydrogen (secondary N) is 1. The summed E-state index contributed by atoms with van der Waals surface area (Å²) < 4.78 is 16.6. The average molecular weight is 293 g/mol. The molecule has 4 nitrogen and oxygen atoms in total.